The Bertz CT molecular complexity index is 459. The lowest BCUT2D eigenvalue weighted by Gasteiger charge is -2.07. The highest BCUT2D eigenvalue weighted by Crippen LogP contribution is 2.29. The Morgan fingerprint density at radius 3 is 3.00 bits per heavy atom. The van der Waals surface area contributed by atoms with E-state index in [1.165, 1.54) is 6.39 Å². The van der Waals surface area contributed by atoms with Gasteiger partial charge in [0, 0.05) is 12.7 Å². The van der Waals surface area contributed by atoms with Crippen LogP contribution < -0.4 is 4.74 Å². The SMILES string of the molecule is COCOc1cc(-c2nnco2)ccc1Br. The van der Waals surface area contributed by atoms with Crippen molar-refractivity contribution in [1.82, 2.24) is 10.2 Å². The van der Waals surface area contributed by atoms with Crippen LogP contribution in [0.2, 0.25) is 0 Å². The summed E-state index contributed by atoms with van der Waals surface area (Å²) in [6.45, 7) is 0.186. The van der Waals surface area contributed by atoms with Gasteiger partial charge in [0.15, 0.2) is 6.79 Å². The average molecular weight is 285 g/mol. The minimum atomic E-state index is 0.186. The van der Waals surface area contributed by atoms with Gasteiger partial charge in [0.2, 0.25) is 12.3 Å². The van der Waals surface area contributed by atoms with E-state index in [2.05, 4.69) is 26.1 Å². The normalized spacial score (nSPS) is 10.4. The van der Waals surface area contributed by atoms with Crippen molar-refractivity contribution < 1.29 is 13.9 Å². The van der Waals surface area contributed by atoms with Crippen LogP contribution in [0, 0.1) is 0 Å². The second-order valence-corrected chi connectivity index (χ2v) is 3.79. The van der Waals surface area contributed by atoms with Crippen molar-refractivity contribution >= 4 is 15.9 Å². The Hall–Kier alpha value is -1.40. The molecular formula is C10H9BrN2O3. The van der Waals surface area contributed by atoms with Crippen LogP contribution in [0.4, 0.5) is 0 Å². The number of aromatic nitrogens is 2. The van der Waals surface area contributed by atoms with Gasteiger partial charge in [0.25, 0.3) is 0 Å². The van der Waals surface area contributed by atoms with Crippen LogP contribution in [0.15, 0.2) is 33.5 Å². The van der Waals surface area contributed by atoms with Gasteiger partial charge < -0.3 is 13.9 Å². The molecule has 16 heavy (non-hydrogen) atoms. The first-order valence-electron chi connectivity index (χ1n) is 4.49. The van der Waals surface area contributed by atoms with Crippen LogP contribution in [-0.4, -0.2) is 24.1 Å². The smallest absolute Gasteiger partial charge is 0.247 e. The summed E-state index contributed by atoms with van der Waals surface area (Å²) in [5.74, 6) is 1.12. The predicted molar refractivity (Wildman–Crippen MR) is 59.9 cm³/mol. The van der Waals surface area contributed by atoms with Crippen molar-refractivity contribution in [3.63, 3.8) is 0 Å². The van der Waals surface area contributed by atoms with Crippen LogP contribution in [0.3, 0.4) is 0 Å². The third-order valence-corrected chi connectivity index (χ3v) is 2.53. The number of halogens is 1. The summed E-state index contributed by atoms with van der Waals surface area (Å²) in [6.07, 6.45) is 1.28. The van der Waals surface area contributed by atoms with Gasteiger partial charge in [-0.05, 0) is 34.1 Å². The van der Waals surface area contributed by atoms with E-state index in [1.54, 1.807) is 13.2 Å². The average Bonchev–Trinajstić information content (AvgIpc) is 2.81. The lowest BCUT2D eigenvalue weighted by molar-refractivity contribution is 0.0506. The molecule has 0 amide bonds. The van der Waals surface area contributed by atoms with Crippen LogP contribution in [0.25, 0.3) is 11.5 Å². The molecule has 0 N–H and O–H groups in total. The number of benzene rings is 1. The van der Waals surface area contributed by atoms with E-state index in [-0.39, 0.29) is 6.79 Å². The molecule has 0 bridgehead atoms. The van der Waals surface area contributed by atoms with E-state index < -0.39 is 0 Å². The molecule has 0 aliphatic carbocycles. The summed E-state index contributed by atoms with van der Waals surface area (Å²) in [4.78, 5) is 0. The first-order valence-corrected chi connectivity index (χ1v) is 5.28. The van der Waals surface area contributed by atoms with Crippen molar-refractivity contribution in [2.75, 3.05) is 13.9 Å². The zero-order valence-electron chi connectivity index (χ0n) is 8.51. The number of nitrogens with zero attached hydrogens (tertiary/aromatic N) is 2. The van der Waals surface area contributed by atoms with Gasteiger partial charge in [0.1, 0.15) is 5.75 Å². The molecule has 1 heterocycles. The molecule has 1 aromatic heterocycles. The molecule has 0 radical (unpaired) electrons. The van der Waals surface area contributed by atoms with Crippen LogP contribution in [0.1, 0.15) is 0 Å². The monoisotopic (exact) mass is 284 g/mol. The fourth-order valence-electron chi connectivity index (χ4n) is 1.17. The van der Waals surface area contributed by atoms with Crippen molar-refractivity contribution in [1.29, 1.82) is 0 Å². The molecule has 0 saturated carbocycles. The van der Waals surface area contributed by atoms with Gasteiger partial charge in [-0.3, -0.25) is 0 Å². The molecule has 6 heteroatoms. The Labute approximate surface area is 101 Å². The van der Waals surface area contributed by atoms with Gasteiger partial charge in [-0.2, -0.15) is 0 Å². The summed E-state index contributed by atoms with van der Waals surface area (Å²) in [5.41, 5.74) is 0.798. The number of ether oxygens (including phenoxy) is 2. The molecule has 1 aromatic carbocycles. The van der Waals surface area contributed by atoms with Crippen molar-refractivity contribution in [3.8, 4) is 17.2 Å². The number of methoxy groups -OCH3 is 1. The molecule has 0 spiro atoms. The van der Waals surface area contributed by atoms with E-state index in [1.807, 2.05) is 12.1 Å². The molecule has 0 aliphatic heterocycles. The molecule has 0 aliphatic rings. The van der Waals surface area contributed by atoms with Gasteiger partial charge >= 0.3 is 0 Å². The maximum atomic E-state index is 5.37. The topological polar surface area (TPSA) is 57.4 Å². The Balaban J connectivity index is 2.28. The second-order valence-electron chi connectivity index (χ2n) is 2.94. The van der Waals surface area contributed by atoms with Crippen LogP contribution >= 0.6 is 15.9 Å². The molecule has 0 fully saturated rings. The van der Waals surface area contributed by atoms with Gasteiger partial charge in [-0.15, -0.1) is 10.2 Å². The second kappa shape index (κ2) is 5.09. The fraction of sp³-hybridized carbons (Fsp3) is 0.200. The first-order chi connectivity index (χ1) is 7.81. The highest BCUT2D eigenvalue weighted by Gasteiger charge is 2.08. The van der Waals surface area contributed by atoms with Crippen molar-refractivity contribution in [3.05, 3.63) is 29.1 Å². The molecule has 0 atom stereocenters. The van der Waals surface area contributed by atoms with Gasteiger partial charge in [-0.25, -0.2) is 0 Å². The Morgan fingerprint density at radius 1 is 1.44 bits per heavy atom. The van der Waals surface area contributed by atoms with E-state index in [4.69, 9.17) is 13.9 Å². The molecule has 2 aromatic rings. The highest BCUT2D eigenvalue weighted by molar-refractivity contribution is 9.10. The lowest BCUT2D eigenvalue weighted by atomic mass is 10.2. The number of hydrogen-bond donors (Lipinski definition) is 0. The first kappa shape index (κ1) is 11.1. The minimum Gasteiger partial charge on any atom is -0.466 e. The number of hydrogen-bond acceptors (Lipinski definition) is 5. The maximum Gasteiger partial charge on any atom is 0.247 e. The molecule has 0 saturated heterocycles. The molecule has 84 valence electrons. The van der Waals surface area contributed by atoms with E-state index in [0.717, 1.165) is 10.0 Å². The van der Waals surface area contributed by atoms with Crippen molar-refractivity contribution in [2.45, 2.75) is 0 Å². The van der Waals surface area contributed by atoms with Gasteiger partial charge in [0.05, 0.1) is 4.47 Å². The summed E-state index contributed by atoms with van der Waals surface area (Å²) in [5, 5.41) is 7.44. The third kappa shape index (κ3) is 2.40. The van der Waals surface area contributed by atoms with Gasteiger partial charge in [-0.1, -0.05) is 0 Å². The molecule has 0 unspecified atom stereocenters. The summed E-state index contributed by atoms with van der Waals surface area (Å²) in [7, 11) is 1.57. The zero-order chi connectivity index (χ0) is 11.4. The van der Waals surface area contributed by atoms with E-state index in [0.29, 0.717) is 11.6 Å². The summed E-state index contributed by atoms with van der Waals surface area (Å²) >= 11 is 3.38. The van der Waals surface area contributed by atoms with Crippen molar-refractivity contribution in [2.24, 2.45) is 0 Å². The minimum absolute atomic E-state index is 0.186. The standard InChI is InChI=1S/C10H9BrN2O3/c1-14-6-16-9-4-7(2-3-8(9)11)10-13-12-5-15-10/h2-5H,6H2,1H3. The molecule has 2 rings (SSSR count). The number of rotatable bonds is 4. The Kier molecular flexibility index (Phi) is 3.53. The largest absolute Gasteiger partial charge is 0.466 e. The van der Waals surface area contributed by atoms with Crippen LogP contribution in [-0.2, 0) is 4.74 Å². The third-order valence-electron chi connectivity index (χ3n) is 1.87. The fourth-order valence-corrected chi connectivity index (χ4v) is 1.53. The Morgan fingerprint density at radius 2 is 2.31 bits per heavy atom. The van der Waals surface area contributed by atoms with Crippen LogP contribution in [0.5, 0.6) is 5.75 Å². The maximum absolute atomic E-state index is 5.37. The lowest BCUT2D eigenvalue weighted by Crippen LogP contribution is -1.99. The molecular weight excluding hydrogens is 276 g/mol. The molecule has 5 nitrogen and oxygen atoms in total. The summed E-state index contributed by atoms with van der Waals surface area (Å²) < 4.78 is 16.1. The quantitative estimate of drug-likeness (QED) is 0.808. The zero-order valence-corrected chi connectivity index (χ0v) is 10.1. The predicted octanol–water partition coefficient (Wildman–Crippen LogP) is 2.48. The van der Waals surface area contributed by atoms with E-state index >= 15 is 0 Å². The van der Waals surface area contributed by atoms with E-state index in [9.17, 15) is 0 Å². The highest BCUT2D eigenvalue weighted by atomic mass is 79.9. The summed E-state index contributed by atoms with van der Waals surface area (Å²) in [6, 6.07) is 5.51.